The summed E-state index contributed by atoms with van der Waals surface area (Å²) in [6.07, 6.45) is 11.4. The maximum atomic E-state index is 12.5. The number of carbonyl (C=O) groups is 1. The molecular weight excluding hydrogens is 360 g/mol. The molecule has 0 spiro atoms. The number of anilines is 1. The van der Waals surface area contributed by atoms with Crippen LogP contribution in [0.2, 0.25) is 0 Å². The Kier molecular flexibility index (Phi) is 6.66. The van der Waals surface area contributed by atoms with E-state index in [9.17, 15) is 4.79 Å². The summed E-state index contributed by atoms with van der Waals surface area (Å²) in [6.45, 7) is 0.599. The number of carbonyl (C=O) groups excluding carboxylic acids is 1. The minimum atomic E-state index is -0.231. The van der Waals surface area contributed by atoms with Crippen LogP contribution >= 0.6 is 11.3 Å². The molecule has 2 amide bonds. The summed E-state index contributed by atoms with van der Waals surface area (Å²) in [5.41, 5.74) is 0.893. The van der Waals surface area contributed by atoms with E-state index in [4.69, 9.17) is 11.2 Å². The van der Waals surface area contributed by atoms with Gasteiger partial charge in [-0.1, -0.05) is 61.1 Å². The summed E-state index contributed by atoms with van der Waals surface area (Å²) >= 11 is 1.46. The van der Waals surface area contributed by atoms with Crippen LogP contribution in [0.15, 0.2) is 24.3 Å². The van der Waals surface area contributed by atoms with Crippen LogP contribution in [0.5, 0.6) is 5.75 Å². The SMILES string of the molecule is C#CCOc1ccccc1CN(C)C(=O)Nc1nnc(CC2CCCC2)s1. The molecule has 6 nitrogen and oxygen atoms in total. The predicted octanol–water partition coefficient (Wildman–Crippen LogP) is 3.95. The third-order valence-corrected chi connectivity index (χ3v) is 5.52. The van der Waals surface area contributed by atoms with Crippen LogP contribution in [0, 0.1) is 18.3 Å². The van der Waals surface area contributed by atoms with Gasteiger partial charge in [0, 0.05) is 19.0 Å². The Morgan fingerprint density at radius 1 is 1.37 bits per heavy atom. The molecule has 2 aromatic rings. The molecule has 0 unspecified atom stereocenters. The van der Waals surface area contributed by atoms with Crippen LogP contribution in [0.3, 0.4) is 0 Å². The molecule has 1 aliphatic carbocycles. The number of benzene rings is 1. The monoisotopic (exact) mass is 384 g/mol. The van der Waals surface area contributed by atoms with Crippen LogP contribution < -0.4 is 10.1 Å². The van der Waals surface area contributed by atoms with Gasteiger partial charge in [0.05, 0.1) is 6.54 Å². The van der Waals surface area contributed by atoms with Crippen molar-refractivity contribution >= 4 is 22.5 Å². The molecule has 0 atom stereocenters. The van der Waals surface area contributed by atoms with Gasteiger partial charge >= 0.3 is 6.03 Å². The Bertz CT molecular complexity index is 808. The minimum Gasteiger partial charge on any atom is -0.481 e. The lowest BCUT2D eigenvalue weighted by atomic mass is 10.1. The van der Waals surface area contributed by atoms with Crippen molar-refractivity contribution in [3.8, 4) is 18.1 Å². The van der Waals surface area contributed by atoms with Gasteiger partial charge in [-0.05, 0) is 12.0 Å². The van der Waals surface area contributed by atoms with Crippen molar-refractivity contribution in [3.63, 3.8) is 0 Å². The first-order valence-electron chi connectivity index (χ1n) is 9.14. The Hall–Kier alpha value is -2.59. The molecule has 0 bridgehead atoms. The van der Waals surface area contributed by atoms with E-state index in [0.717, 1.165) is 17.0 Å². The number of terminal acetylenes is 1. The molecule has 1 saturated carbocycles. The molecule has 1 aromatic heterocycles. The van der Waals surface area contributed by atoms with Crippen molar-refractivity contribution in [3.05, 3.63) is 34.8 Å². The van der Waals surface area contributed by atoms with Gasteiger partial charge in [-0.2, -0.15) is 0 Å². The second-order valence-electron chi connectivity index (χ2n) is 6.74. The average Bonchev–Trinajstić information content (AvgIpc) is 3.33. The molecule has 142 valence electrons. The molecule has 0 radical (unpaired) electrons. The molecule has 1 N–H and O–H groups in total. The fourth-order valence-electron chi connectivity index (χ4n) is 3.26. The molecule has 3 rings (SSSR count). The number of nitrogens with zero attached hydrogens (tertiary/aromatic N) is 3. The van der Waals surface area contributed by atoms with E-state index in [1.165, 1.54) is 37.0 Å². The third-order valence-electron chi connectivity index (χ3n) is 4.66. The summed E-state index contributed by atoms with van der Waals surface area (Å²) in [5.74, 6) is 3.85. The normalized spacial score (nSPS) is 13.9. The molecule has 0 aliphatic heterocycles. The number of para-hydroxylation sites is 1. The van der Waals surface area contributed by atoms with Crippen molar-refractivity contribution in [2.45, 2.75) is 38.6 Å². The average molecular weight is 385 g/mol. The number of nitrogens with one attached hydrogen (secondary N) is 1. The smallest absolute Gasteiger partial charge is 0.323 e. The van der Waals surface area contributed by atoms with E-state index in [-0.39, 0.29) is 12.6 Å². The van der Waals surface area contributed by atoms with Gasteiger partial charge in [0.2, 0.25) is 5.13 Å². The molecule has 7 heteroatoms. The zero-order valence-electron chi connectivity index (χ0n) is 15.5. The summed E-state index contributed by atoms with van der Waals surface area (Å²) in [4.78, 5) is 14.1. The summed E-state index contributed by atoms with van der Waals surface area (Å²) < 4.78 is 5.54. The zero-order valence-corrected chi connectivity index (χ0v) is 16.3. The highest BCUT2D eigenvalue weighted by atomic mass is 32.1. The van der Waals surface area contributed by atoms with Gasteiger partial charge < -0.3 is 9.64 Å². The molecule has 1 aromatic carbocycles. The van der Waals surface area contributed by atoms with Gasteiger partial charge in [-0.15, -0.1) is 16.6 Å². The van der Waals surface area contributed by atoms with E-state index < -0.39 is 0 Å². The van der Waals surface area contributed by atoms with Crippen LogP contribution in [0.1, 0.15) is 36.3 Å². The number of amides is 2. The first kappa shape index (κ1) is 19.2. The molecule has 27 heavy (non-hydrogen) atoms. The molecule has 1 aliphatic rings. The standard InChI is InChI=1S/C20H24N4O2S/c1-3-12-26-17-11-7-6-10-16(17)14-24(2)20(25)21-19-23-22-18(27-19)13-15-8-4-5-9-15/h1,6-7,10-11,15H,4-5,8-9,12-14H2,2H3,(H,21,23,25). The Balaban J connectivity index is 1.55. The second-order valence-corrected chi connectivity index (χ2v) is 7.80. The highest BCUT2D eigenvalue weighted by Gasteiger charge is 2.19. The molecule has 0 saturated heterocycles. The van der Waals surface area contributed by atoms with Crippen molar-refractivity contribution in [2.75, 3.05) is 19.0 Å². The maximum absolute atomic E-state index is 12.5. The van der Waals surface area contributed by atoms with E-state index in [1.807, 2.05) is 24.3 Å². The fourth-order valence-corrected chi connectivity index (χ4v) is 4.10. The van der Waals surface area contributed by atoms with Crippen LogP contribution in [0.4, 0.5) is 9.93 Å². The molecule has 1 fully saturated rings. The highest BCUT2D eigenvalue weighted by Crippen LogP contribution is 2.29. The number of rotatable bonds is 7. The van der Waals surface area contributed by atoms with E-state index in [0.29, 0.717) is 23.3 Å². The largest absolute Gasteiger partial charge is 0.481 e. The van der Waals surface area contributed by atoms with Crippen molar-refractivity contribution < 1.29 is 9.53 Å². The van der Waals surface area contributed by atoms with Crippen LogP contribution in [-0.4, -0.2) is 34.8 Å². The predicted molar refractivity (Wildman–Crippen MR) is 107 cm³/mol. The second kappa shape index (κ2) is 9.38. The van der Waals surface area contributed by atoms with E-state index >= 15 is 0 Å². The van der Waals surface area contributed by atoms with Gasteiger partial charge in [0.15, 0.2) is 0 Å². The summed E-state index contributed by atoms with van der Waals surface area (Å²) in [5, 5.41) is 12.7. The highest BCUT2D eigenvalue weighted by molar-refractivity contribution is 7.15. The Morgan fingerprint density at radius 3 is 2.93 bits per heavy atom. The minimum absolute atomic E-state index is 0.196. The molecule has 1 heterocycles. The lowest BCUT2D eigenvalue weighted by Crippen LogP contribution is -2.31. The number of aromatic nitrogens is 2. The third kappa shape index (κ3) is 5.44. The summed E-state index contributed by atoms with van der Waals surface area (Å²) in [7, 11) is 1.73. The zero-order chi connectivity index (χ0) is 19.1. The van der Waals surface area contributed by atoms with Crippen molar-refractivity contribution in [1.82, 2.24) is 15.1 Å². The lowest BCUT2D eigenvalue weighted by Gasteiger charge is -2.18. The van der Waals surface area contributed by atoms with Gasteiger partial charge in [-0.25, -0.2) is 4.79 Å². The summed E-state index contributed by atoms with van der Waals surface area (Å²) in [6, 6.07) is 7.32. The molecular formula is C20H24N4O2S. The van der Waals surface area contributed by atoms with Crippen LogP contribution in [-0.2, 0) is 13.0 Å². The lowest BCUT2D eigenvalue weighted by molar-refractivity contribution is 0.220. The van der Waals surface area contributed by atoms with Gasteiger partial charge in [0.1, 0.15) is 17.4 Å². The van der Waals surface area contributed by atoms with Crippen LogP contribution in [0.25, 0.3) is 0 Å². The van der Waals surface area contributed by atoms with Crippen molar-refractivity contribution in [1.29, 1.82) is 0 Å². The van der Waals surface area contributed by atoms with Gasteiger partial charge in [-0.3, -0.25) is 5.32 Å². The van der Waals surface area contributed by atoms with E-state index in [1.54, 1.807) is 11.9 Å². The number of hydrogen-bond donors (Lipinski definition) is 1. The first-order chi connectivity index (χ1) is 13.2. The Labute approximate surface area is 163 Å². The quantitative estimate of drug-likeness (QED) is 0.734. The van der Waals surface area contributed by atoms with Crippen molar-refractivity contribution in [2.24, 2.45) is 5.92 Å². The fraction of sp³-hybridized carbons (Fsp3) is 0.450. The van der Waals surface area contributed by atoms with Gasteiger partial charge in [0.25, 0.3) is 0 Å². The number of ether oxygens (including phenoxy) is 1. The number of urea groups is 1. The Morgan fingerprint density at radius 2 is 2.15 bits per heavy atom. The topological polar surface area (TPSA) is 67.3 Å². The number of hydrogen-bond acceptors (Lipinski definition) is 5. The van der Waals surface area contributed by atoms with E-state index in [2.05, 4.69) is 21.4 Å². The maximum Gasteiger partial charge on any atom is 0.323 e. The first-order valence-corrected chi connectivity index (χ1v) is 9.96.